The van der Waals surface area contributed by atoms with Crippen LogP contribution in [-0.2, 0) is 11.2 Å². The molecule has 1 saturated carbocycles. The van der Waals surface area contributed by atoms with E-state index in [1.165, 1.54) is 10.4 Å². The first-order chi connectivity index (χ1) is 13.4. The summed E-state index contributed by atoms with van der Waals surface area (Å²) in [4.78, 5) is 12.0. The van der Waals surface area contributed by atoms with Crippen molar-refractivity contribution in [2.24, 2.45) is 17.6 Å². The molecule has 5 N–H and O–H groups in total. The van der Waals surface area contributed by atoms with Gasteiger partial charge in [-0.15, -0.1) is 11.3 Å². The van der Waals surface area contributed by atoms with Crippen LogP contribution in [0.2, 0.25) is 0 Å². The van der Waals surface area contributed by atoms with Crippen LogP contribution in [0.4, 0.5) is 0 Å². The Morgan fingerprint density at radius 3 is 2.82 bits per heavy atom. The van der Waals surface area contributed by atoms with E-state index in [2.05, 4.69) is 18.4 Å². The summed E-state index contributed by atoms with van der Waals surface area (Å²) in [6, 6.07) is 2.09. The summed E-state index contributed by atoms with van der Waals surface area (Å²) < 4.78 is 0. The molecule has 1 heterocycles. The van der Waals surface area contributed by atoms with Crippen molar-refractivity contribution in [3.05, 3.63) is 46.2 Å². The summed E-state index contributed by atoms with van der Waals surface area (Å²) in [5.74, 6) is -0.519. The van der Waals surface area contributed by atoms with Crippen LogP contribution in [0.25, 0.3) is 0 Å². The maximum absolute atomic E-state index is 10.7. The van der Waals surface area contributed by atoms with Crippen molar-refractivity contribution in [3.8, 4) is 0 Å². The first kappa shape index (κ1) is 22.8. The van der Waals surface area contributed by atoms with E-state index in [0.717, 1.165) is 19.3 Å². The molecule has 5 nitrogen and oxygen atoms in total. The third kappa shape index (κ3) is 7.17. The molecule has 1 aliphatic carbocycles. The van der Waals surface area contributed by atoms with Crippen LogP contribution in [0.3, 0.4) is 0 Å². The normalized spacial score (nSPS) is 26.4. The molecule has 1 aromatic rings. The first-order valence-corrected chi connectivity index (χ1v) is 10.9. The maximum atomic E-state index is 10.7. The standard InChI is InChI=1S/C22H33NO4S/c1-15-12-13-28-21(15)11-9-16(24)8-10-18-17(19(25)14-20(18)26)6-4-2-3-5-7-22(23)27/h2,4,8,10,12-13,16-20,24-26H,3,5-7,9,11,14H2,1H3,(H2,23,27)/b4-2+,10-8+. The lowest BCUT2D eigenvalue weighted by Gasteiger charge is -2.19. The molecule has 0 spiro atoms. The van der Waals surface area contributed by atoms with Crippen molar-refractivity contribution in [3.63, 3.8) is 0 Å². The van der Waals surface area contributed by atoms with Crippen LogP contribution in [-0.4, -0.2) is 39.5 Å². The fourth-order valence-electron chi connectivity index (χ4n) is 3.76. The van der Waals surface area contributed by atoms with E-state index < -0.39 is 18.3 Å². The number of carbonyl (C=O) groups excluding carboxylic acids is 1. The molecule has 28 heavy (non-hydrogen) atoms. The fraction of sp³-hybridized carbons (Fsp3) is 0.591. The van der Waals surface area contributed by atoms with E-state index in [9.17, 15) is 20.1 Å². The zero-order valence-electron chi connectivity index (χ0n) is 16.5. The third-order valence-corrected chi connectivity index (χ3v) is 6.56. The van der Waals surface area contributed by atoms with Crippen molar-refractivity contribution in [2.75, 3.05) is 0 Å². The largest absolute Gasteiger partial charge is 0.393 e. The Morgan fingerprint density at radius 1 is 1.36 bits per heavy atom. The predicted octanol–water partition coefficient (Wildman–Crippen LogP) is 2.87. The van der Waals surface area contributed by atoms with Gasteiger partial charge in [0, 0.05) is 23.6 Å². The number of hydrogen-bond donors (Lipinski definition) is 4. The van der Waals surface area contributed by atoms with Gasteiger partial charge in [-0.2, -0.15) is 0 Å². The molecule has 5 atom stereocenters. The van der Waals surface area contributed by atoms with Crippen LogP contribution in [0.1, 0.15) is 49.0 Å². The topological polar surface area (TPSA) is 104 Å². The van der Waals surface area contributed by atoms with Gasteiger partial charge in [-0.1, -0.05) is 24.3 Å². The second-order valence-electron chi connectivity index (χ2n) is 7.69. The number of aryl methyl sites for hydroxylation is 2. The zero-order valence-corrected chi connectivity index (χ0v) is 17.4. The molecule has 0 radical (unpaired) electrons. The summed E-state index contributed by atoms with van der Waals surface area (Å²) >= 11 is 1.71. The van der Waals surface area contributed by atoms with Gasteiger partial charge in [0.05, 0.1) is 18.3 Å². The highest BCUT2D eigenvalue weighted by Gasteiger charge is 2.39. The van der Waals surface area contributed by atoms with Crippen LogP contribution >= 0.6 is 11.3 Å². The minimum absolute atomic E-state index is 0.0645. The number of rotatable bonds is 11. The number of carbonyl (C=O) groups is 1. The zero-order chi connectivity index (χ0) is 20.5. The Morgan fingerprint density at radius 2 is 2.14 bits per heavy atom. The van der Waals surface area contributed by atoms with Crippen molar-refractivity contribution in [2.45, 2.75) is 70.2 Å². The molecule has 1 aliphatic rings. The minimum atomic E-state index is -0.591. The highest BCUT2D eigenvalue weighted by molar-refractivity contribution is 7.10. The Balaban J connectivity index is 1.82. The van der Waals surface area contributed by atoms with Crippen LogP contribution in [0, 0.1) is 18.8 Å². The summed E-state index contributed by atoms with van der Waals surface area (Å²) in [6.45, 7) is 2.08. The average molecular weight is 408 g/mol. The van der Waals surface area contributed by atoms with Gasteiger partial charge in [-0.05, 0) is 62.0 Å². The molecule has 1 fully saturated rings. The number of hydrogen-bond acceptors (Lipinski definition) is 5. The second-order valence-corrected chi connectivity index (χ2v) is 8.70. The molecule has 2 rings (SSSR count). The summed E-state index contributed by atoms with van der Waals surface area (Å²) in [7, 11) is 0. The summed E-state index contributed by atoms with van der Waals surface area (Å²) in [5, 5.41) is 32.9. The van der Waals surface area contributed by atoms with Crippen LogP contribution < -0.4 is 5.73 Å². The van der Waals surface area contributed by atoms with E-state index in [-0.39, 0.29) is 17.7 Å². The lowest BCUT2D eigenvalue weighted by molar-refractivity contribution is -0.118. The highest BCUT2D eigenvalue weighted by Crippen LogP contribution is 2.36. The molecular weight excluding hydrogens is 374 g/mol. The quantitative estimate of drug-likeness (QED) is 0.334. The Labute approximate surface area is 171 Å². The fourth-order valence-corrected chi connectivity index (χ4v) is 4.69. The SMILES string of the molecule is Cc1ccsc1CCC(O)/C=C/C1C(O)CC(O)C1C/C=C/CCCC(N)=O. The lowest BCUT2D eigenvalue weighted by atomic mass is 9.89. The van der Waals surface area contributed by atoms with E-state index in [4.69, 9.17) is 5.73 Å². The summed E-state index contributed by atoms with van der Waals surface area (Å²) in [6.07, 6.45) is 10.3. The molecule has 156 valence electrons. The second kappa shape index (κ2) is 11.5. The molecule has 5 unspecified atom stereocenters. The number of thiophene rings is 1. The molecule has 1 aromatic heterocycles. The monoisotopic (exact) mass is 407 g/mol. The summed E-state index contributed by atoms with van der Waals surface area (Å²) in [5.41, 5.74) is 6.38. The van der Waals surface area contributed by atoms with Gasteiger partial charge >= 0.3 is 0 Å². The first-order valence-electron chi connectivity index (χ1n) is 10.1. The van der Waals surface area contributed by atoms with Crippen LogP contribution in [0.15, 0.2) is 35.8 Å². The number of primary amides is 1. The molecular formula is C22H33NO4S. The molecule has 6 heteroatoms. The van der Waals surface area contributed by atoms with Crippen molar-refractivity contribution < 1.29 is 20.1 Å². The van der Waals surface area contributed by atoms with Gasteiger partial charge in [0.15, 0.2) is 0 Å². The van der Waals surface area contributed by atoms with Crippen molar-refractivity contribution >= 4 is 17.2 Å². The van der Waals surface area contributed by atoms with Gasteiger partial charge < -0.3 is 21.1 Å². The smallest absolute Gasteiger partial charge is 0.217 e. The maximum Gasteiger partial charge on any atom is 0.217 e. The Kier molecular flexibility index (Phi) is 9.38. The number of unbranched alkanes of at least 4 members (excludes halogenated alkanes) is 1. The van der Waals surface area contributed by atoms with Gasteiger partial charge in [0.1, 0.15) is 0 Å². The number of aliphatic hydroxyl groups is 3. The molecule has 1 amide bonds. The average Bonchev–Trinajstić information content (AvgIpc) is 3.16. The highest BCUT2D eigenvalue weighted by atomic mass is 32.1. The Hall–Kier alpha value is -1.47. The van der Waals surface area contributed by atoms with Gasteiger partial charge in [-0.25, -0.2) is 0 Å². The van der Waals surface area contributed by atoms with E-state index in [0.29, 0.717) is 25.7 Å². The van der Waals surface area contributed by atoms with Gasteiger partial charge in [-0.3, -0.25) is 4.79 Å². The van der Waals surface area contributed by atoms with E-state index >= 15 is 0 Å². The molecule has 0 aliphatic heterocycles. The van der Waals surface area contributed by atoms with Crippen LogP contribution in [0.5, 0.6) is 0 Å². The van der Waals surface area contributed by atoms with Crippen molar-refractivity contribution in [1.82, 2.24) is 0 Å². The number of allylic oxidation sites excluding steroid dienone is 2. The van der Waals surface area contributed by atoms with Gasteiger partial charge in [0.2, 0.25) is 5.91 Å². The number of amides is 1. The van der Waals surface area contributed by atoms with E-state index in [1.54, 1.807) is 17.4 Å². The van der Waals surface area contributed by atoms with E-state index in [1.807, 2.05) is 18.2 Å². The number of aliphatic hydroxyl groups excluding tert-OH is 3. The van der Waals surface area contributed by atoms with Gasteiger partial charge in [0.25, 0.3) is 0 Å². The molecule has 0 aromatic carbocycles. The molecule has 0 saturated heterocycles. The molecule has 0 bridgehead atoms. The lowest BCUT2D eigenvalue weighted by Crippen LogP contribution is -2.20. The minimum Gasteiger partial charge on any atom is -0.393 e. The Bertz CT molecular complexity index is 669. The number of nitrogens with two attached hydrogens (primary N) is 1. The predicted molar refractivity (Wildman–Crippen MR) is 113 cm³/mol. The third-order valence-electron chi connectivity index (χ3n) is 5.48. The van der Waals surface area contributed by atoms with Crippen molar-refractivity contribution in [1.29, 1.82) is 0 Å².